The van der Waals surface area contributed by atoms with Gasteiger partial charge in [0.1, 0.15) is 6.07 Å². The highest BCUT2D eigenvalue weighted by Gasteiger charge is 2.00. The van der Waals surface area contributed by atoms with Crippen LogP contribution in [0.3, 0.4) is 0 Å². The van der Waals surface area contributed by atoms with Crippen LogP contribution in [-0.2, 0) is 9.53 Å². The second-order valence-electron chi connectivity index (χ2n) is 1.80. The molecule has 0 heterocycles. The Kier molecular flexibility index (Phi) is 4.58. The molecule has 1 atom stereocenters. The molecule has 0 aromatic carbocycles. The maximum Gasteiger partial charge on any atom is 0.331 e. The van der Waals surface area contributed by atoms with Crippen molar-refractivity contribution in [1.29, 1.82) is 5.26 Å². The van der Waals surface area contributed by atoms with Crippen LogP contribution in [0.2, 0.25) is 0 Å². The zero-order valence-electron chi connectivity index (χ0n) is 6.15. The van der Waals surface area contributed by atoms with Crippen molar-refractivity contribution in [2.24, 2.45) is 0 Å². The van der Waals surface area contributed by atoms with Crippen LogP contribution in [0, 0.1) is 11.3 Å². The molecule has 0 aromatic heterocycles. The van der Waals surface area contributed by atoms with Gasteiger partial charge in [-0.2, -0.15) is 5.26 Å². The Morgan fingerprint density at radius 1 is 1.91 bits per heavy atom. The molecule has 0 radical (unpaired) electrons. The normalized spacial score (nSPS) is 12.4. The number of hydrogen-bond donors (Lipinski definition) is 1. The van der Waals surface area contributed by atoms with Crippen LogP contribution < -0.4 is 0 Å². The number of rotatable bonds is 4. The second kappa shape index (κ2) is 5.30. The molecule has 0 bridgehead atoms. The van der Waals surface area contributed by atoms with Crippen LogP contribution >= 0.6 is 0 Å². The first-order valence-corrected chi connectivity index (χ1v) is 3.15. The molecule has 4 nitrogen and oxygen atoms in total. The van der Waals surface area contributed by atoms with E-state index in [1.807, 2.05) is 6.07 Å². The van der Waals surface area contributed by atoms with Crippen molar-refractivity contribution < 1.29 is 14.6 Å². The lowest BCUT2D eigenvalue weighted by atomic mass is 10.3. The van der Waals surface area contributed by atoms with Gasteiger partial charge in [0.15, 0.2) is 6.10 Å². The highest BCUT2D eigenvalue weighted by Crippen LogP contribution is 1.95. The number of carbonyl (C=O) groups is 1. The monoisotopic (exact) mass is 155 g/mol. The van der Waals surface area contributed by atoms with E-state index in [0.29, 0.717) is 6.42 Å². The Morgan fingerprint density at radius 2 is 2.55 bits per heavy atom. The zero-order valence-corrected chi connectivity index (χ0v) is 6.15. The minimum Gasteiger partial charge on any atom is -0.483 e. The molecule has 1 unspecified atom stereocenters. The fraction of sp³-hybridized carbons (Fsp3) is 0.429. The smallest absolute Gasteiger partial charge is 0.331 e. The van der Waals surface area contributed by atoms with Crippen LogP contribution in [0.1, 0.15) is 13.3 Å². The number of nitriles is 1. The highest BCUT2D eigenvalue weighted by molar-refractivity contribution is 5.79. The molecule has 0 amide bonds. The summed E-state index contributed by atoms with van der Waals surface area (Å²) in [6.45, 7) is 1.78. The number of aliphatic carboxylic acids is 1. The molecule has 60 valence electrons. The van der Waals surface area contributed by atoms with Crippen molar-refractivity contribution in [2.75, 3.05) is 0 Å². The van der Waals surface area contributed by atoms with Crippen LogP contribution in [0.25, 0.3) is 0 Å². The third kappa shape index (κ3) is 4.97. The second-order valence-corrected chi connectivity index (χ2v) is 1.80. The average Bonchev–Trinajstić information content (AvgIpc) is 1.98. The molecular formula is C7H9NO3. The summed E-state index contributed by atoms with van der Waals surface area (Å²) in [4.78, 5) is 9.91. The Bertz CT molecular complexity index is 192. The minimum absolute atomic E-state index is 0.542. The van der Waals surface area contributed by atoms with Crippen molar-refractivity contribution in [2.45, 2.75) is 19.4 Å². The Balaban J connectivity index is 3.69. The van der Waals surface area contributed by atoms with Crippen LogP contribution in [-0.4, -0.2) is 17.2 Å². The SMILES string of the molecule is CCC(C#N)OC=CC(=O)O. The standard InChI is InChI=1S/C7H9NO3/c1-2-6(5-8)11-4-3-7(9)10/h3-4,6H,2H2,1H3,(H,9,10). The van der Waals surface area contributed by atoms with E-state index in [0.717, 1.165) is 12.3 Å². The van der Waals surface area contributed by atoms with Gasteiger partial charge >= 0.3 is 5.97 Å². The predicted molar refractivity (Wildman–Crippen MR) is 37.6 cm³/mol. The van der Waals surface area contributed by atoms with Crippen LogP contribution in [0.15, 0.2) is 12.3 Å². The molecule has 0 rings (SSSR count). The maximum absolute atomic E-state index is 9.91. The van der Waals surface area contributed by atoms with Gasteiger partial charge in [0.2, 0.25) is 0 Å². The molecular weight excluding hydrogens is 146 g/mol. The summed E-state index contributed by atoms with van der Waals surface area (Å²) in [5.74, 6) is -1.09. The average molecular weight is 155 g/mol. The summed E-state index contributed by atoms with van der Waals surface area (Å²) in [6.07, 6.45) is 1.85. The van der Waals surface area contributed by atoms with E-state index in [-0.39, 0.29) is 0 Å². The summed E-state index contributed by atoms with van der Waals surface area (Å²) in [5, 5.41) is 16.5. The highest BCUT2D eigenvalue weighted by atomic mass is 16.5. The van der Waals surface area contributed by atoms with Crippen molar-refractivity contribution >= 4 is 5.97 Å². The lowest BCUT2D eigenvalue weighted by molar-refractivity contribution is -0.131. The van der Waals surface area contributed by atoms with E-state index in [9.17, 15) is 4.79 Å². The lowest BCUT2D eigenvalue weighted by Gasteiger charge is -2.02. The summed E-state index contributed by atoms with van der Waals surface area (Å²) < 4.78 is 4.73. The molecule has 0 saturated heterocycles. The summed E-state index contributed by atoms with van der Waals surface area (Å²) >= 11 is 0. The zero-order chi connectivity index (χ0) is 8.69. The summed E-state index contributed by atoms with van der Waals surface area (Å²) in [7, 11) is 0. The quantitative estimate of drug-likeness (QED) is 0.483. The Labute approximate surface area is 64.7 Å². The molecule has 11 heavy (non-hydrogen) atoms. The Morgan fingerprint density at radius 3 is 2.91 bits per heavy atom. The van der Waals surface area contributed by atoms with Crippen molar-refractivity contribution in [3.63, 3.8) is 0 Å². The Hall–Kier alpha value is -1.50. The minimum atomic E-state index is -1.09. The third-order valence-corrected chi connectivity index (χ3v) is 0.968. The number of hydrogen-bond acceptors (Lipinski definition) is 3. The summed E-state index contributed by atoms with van der Waals surface area (Å²) in [6, 6.07) is 1.86. The van der Waals surface area contributed by atoms with Gasteiger partial charge in [0, 0.05) is 0 Å². The number of nitrogens with zero attached hydrogens (tertiary/aromatic N) is 1. The van der Waals surface area contributed by atoms with Crippen LogP contribution in [0.4, 0.5) is 0 Å². The molecule has 4 heteroatoms. The van der Waals surface area contributed by atoms with E-state index in [4.69, 9.17) is 15.1 Å². The van der Waals surface area contributed by atoms with Gasteiger partial charge < -0.3 is 9.84 Å². The first-order chi connectivity index (χ1) is 5.20. The molecule has 0 fully saturated rings. The number of ether oxygens (including phenoxy) is 1. The van der Waals surface area contributed by atoms with Gasteiger partial charge in [-0.1, -0.05) is 6.92 Å². The van der Waals surface area contributed by atoms with E-state index in [2.05, 4.69) is 0 Å². The molecule has 0 aliphatic carbocycles. The molecule has 0 aliphatic rings. The van der Waals surface area contributed by atoms with Gasteiger partial charge in [-0.15, -0.1) is 0 Å². The van der Waals surface area contributed by atoms with E-state index < -0.39 is 12.1 Å². The van der Waals surface area contributed by atoms with E-state index in [1.54, 1.807) is 6.92 Å². The number of carboxylic acid groups (broad SMARTS) is 1. The van der Waals surface area contributed by atoms with Gasteiger partial charge in [0.25, 0.3) is 0 Å². The molecule has 0 aliphatic heterocycles. The van der Waals surface area contributed by atoms with Gasteiger partial charge in [0.05, 0.1) is 12.3 Å². The number of carboxylic acids is 1. The fourth-order valence-electron chi connectivity index (χ4n) is 0.410. The van der Waals surface area contributed by atoms with Gasteiger partial charge in [-0.05, 0) is 6.42 Å². The fourth-order valence-corrected chi connectivity index (χ4v) is 0.410. The third-order valence-electron chi connectivity index (χ3n) is 0.968. The molecule has 0 spiro atoms. The predicted octanol–water partition coefficient (Wildman–Crippen LogP) is 0.903. The largest absolute Gasteiger partial charge is 0.483 e. The van der Waals surface area contributed by atoms with Crippen molar-refractivity contribution in [1.82, 2.24) is 0 Å². The van der Waals surface area contributed by atoms with E-state index in [1.165, 1.54) is 0 Å². The van der Waals surface area contributed by atoms with Gasteiger partial charge in [-0.25, -0.2) is 4.79 Å². The maximum atomic E-state index is 9.91. The topological polar surface area (TPSA) is 70.3 Å². The molecule has 0 saturated carbocycles. The first-order valence-electron chi connectivity index (χ1n) is 3.15. The first kappa shape index (κ1) is 9.50. The molecule has 0 aromatic rings. The summed E-state index contributed by atoms with van der Waals surface area (Å²) in [5.41, 5.74) is 0. The lowest BCUT2D eigenvalue weighted by Crippen LogP contribution is -2.04. The van der Waals surface area contributed by atoms with Gasteiger partial charge in [-0.3, -0.25) is 0 Å². The van der Waals surface area contributed by atoms with Crippen molar-refractivity contribution in [3.05, 3.63) is 12.3 Å². The van der Waals surface area contributed by atoms with E-state index >= 15 is 0 Å². The van der Waals surface area contributed by atoms with Crippen LogP contribution in [0.5, 0.6) is 0 Å². The molecule has 1 N–H and O–H groups in total. The van der Waals surface area contributed by atoms with Crippen molar-refractivity contribution in [3.8, 4) is 6.07 Å².